The standard InChI is InChI=1S/C13H16FNO5/c1-3-4-8(2)7-20-12-5-9(13(16)17)10(14)6-11(12)15(18)19/h5-6,8H,3-4,7H2,1-2H3,(H,16,17). The van der Waals surface area contributed by atoms with Crippen LogP contribution in [0.25, 0.3) is 0 Å². The molecule has 7 heteroatoms. The first kappa shape index (κ1) is 15.9. The van der Waals surface area contributed by atoms with E-state index in [2.05, 4.69) is 0 Å². The van der Waals surface area contributed by atoms with Crippen LogP contribution in [0.5, 0.6) is 5.75 Å². The molecule has 1 aromatic carbocycles. The molecule has 0 spiro atoms. The topological polar surface area (TPSA) is 89.7 Å². The van der Waals surface area contributed by atoms with E-state index < -0.39 is 28.0 Å². The molecule has 110 valence electrons. The summed E-state index contributed by atoms with van der Waals surface area (Å²) in [5, 5.41) is 19.7. The zero-order valence-corrected chi connectivity index (χ0v) is 11.3. The number of halogens is 1. The molecule has 1 atom stereocenters. The van der Waals surface area contributed by atoms with Crippen LogP contribution < -0.4 is 4.74 Å². The molecule has 1 rings (SSSR count). The van der Waals surface area contributed by atoms with E-state index in [0.717, 1.165) is 18.9 Å². The molecular weight excluding hydrogens is 269 g/mol. The summed E-state index contributed by atoms with van der Waals surface area (Å²) in [7, 11) is 0. The number of carboxylic acids is 1. The van der Waals surface area contributed by atoms with Crippen LogP contribution in [-0.2, 0) is 0 Å². The Morgan fingerprint density at radius 3 is 2.70 bits per heavy atom. The number of nitro groups is 1. The molecular formula is C13H16FNO5. The fraction of sp³-hybridized carbons (Fsp3) is 0.462. The van der Waals surface area contributed by atoms with Crippen LogP contribution in [0.4, 0.5) is 10.1 Å². The average Bonchev–Trinajstić information content (AvgIpc) is 2.36. The second-order valence-electron chi connectivity index (χ2n) is 4.57. The van der Waals surface area contributed by atoms with Crippen molar-refractivity contribution in [1.82, 2.24) is 0 Å². The van der Waals surface area contributed by atoms with Gasteiger partial charge in [0.2, 0.25) is 0 Å². The third-order valence-corrected chi connectivity index (χ3v) is 2.78. The number of hydrogen-bond acceptors (Lipinski definition) is 4. The van der Waals surface area contributed by atoms with E-state index in [1.54, 1.807) is 0 Å². The van der Waals surface area contributed by atoms with Crippen molar-refractivity contribution in [2.75, 3.05) is 6.61 Å². The van der Waals surface area contributed by atoms with Crippen LogP contribution >= 0.6 is 0 Å². The predicted molar refractivity (Wildman–Crippen MR) is 69.6 cm³/mol. The minimum absolute atomic E-state index is 0.165. The molecule has 0 saturated heterocycles. The molecule has 0 saturated carbocycles. The van der Waals surface area contributed by atoms with Crippen LogP contribution in [-0.4, -0.2) is 22.6 Å². The molecule has 0 bridgehead atoms. The molecule has 0 fully saturated rings. The first-order valence-corrected chi connectivity index (χ1v) is 6.20. The number of carbonyl (C=O) groups is 1. The molecule has 1 N–H and O–H groups in total. The van der Waals surface area contributed by atoms with E-state index in [-0.39, 0.29) is 18.3 Å². The SMILES string of the molecule is CCCC(C)COc1cc(C(=O)O)c(F)cc1[N+](=O)[O-]. The van der Waals surface area contributed by atoms with Crippen LogP contribution in [0.15, 0.2) is 12.1 Å². The van der Waals surface area contributed by atoms with Gasteiger partial charge in [0.05, 0.1) is 23.2 Å². The summed E-state index contributed by atoms with van der Waals surface area (Å²) >= 11 is 0. The Morgan fingerprint density at radius 2 is 2.20 bits per heavy atom. The largest absolute Gasteiger partial charge is 0.487 e. The Hall–Kier alpha value is -2.18. The molecule has 6 nitrogen and oxygen atoms in total. The Labute approximate surface area is 115 Å². The molecule has 0 amide bonds. The van der Waals surface area contributed by atoms with Gasteiger partial charge >= 0.3 is 11.7 Å². The van der Waals surface area contributed by atoms with Crippen molar-refractivity contribution in [3.63, 3.8) is 0 Å². The number of nitrogens with zero attached hydrogens (tertiary/aromatic N) is 1. The lowest BCUT2D eigenvalue weighted by molar-refractivity contribution is -0.386. The summed E-state index contributed by atoms with van der Waals surface area (Å²) in [6, 6.07) is 1.43. The molecule has 0 radical (unpaired) electrons. The second-order valence-corrected chi connectivity index (χ2v) is 4.57. The molecule has 0 aliphatic rings. The van der Waals surface area contributed by atoms with E-state index >= 15 is 0 Å². The molecule has 20 heavy (non-hydrogen) atoms. The highest BCUT2D eigenvalue weighted by Gasteiger charge is 2.23. The smallest absolute Gasteiger partial charge is 0.338 e. The lowest BCUT2D eigenvalue weighted by atomic mass is 10.1. The minimum atomic E-state index is -1.50. The van der Waals surface area contributed by atoms with Gasteiger partial charge in [0, 0.05) is 6.07 Å². The van der Waals surface area contributed by atoms with Crippen LogP contribution in [0.3, 0.4) is 0 Å². The second kappa shape index (κ2) is 6.83. The lowest BCUT2D eigenvalue weighted by Gasteiger charge is -2.12. The van der Waals surface area contributed by atoms with Gasteiger partial charge < -0.3 is 9.84 Å². The van der Waals surface area contributed by atoms with Crippen LogP contribution in [0.2, 0.25) is 0 Å². The summed E-state index contributed by atoms with van der Waals surface area (Å²) < 4.78 is 18.7. The number of aromatic carboxylic acids is 1. The number of hydrogen-bond donors (Lipinski definition) is 1. The highest BCUT2D eigenvalue weighted by Crippen LogP contribution is 2.30. The van der Waals surface area contributed by atoms with Crippen LogP contribution in [0.1, 0.15) is 37.0 Å². The Bertz CT molecular complexity index is 518. The van der Waals surface area contributed by atoms with Crippen molar-refractivity contribution in [2.24, 2.45) is 5.92 Å². The van der Waals surface area contributed by atoms with Gasteiger partial charge in [-0.2, -0.15) is 0 Å². The summed E-state index contributed by atoms with van der Waals surface area (Å²) in [5.41, 5.74) is -1.22. The quantitative estimate of drug-likeness (QED) is 0.613. The van der Waals surface area contributed by atoms with Gasteiger partial charge in [-0.05, 0) is 12.3 Å². The van der Waals surface area contributed by atoms with E-state index in [9.17, 15) is 19.3 Å². The maximum absolute atomic E-state index is 13.4. The third-order valence-electron chi connectivity index (χ3n) is 2.78. The highest BCUT2D eigenvalue weighted by molar-refractivity contribution is 5.89. The fourth-order valence-electron chi connectivity index (χ4n) is 1.77. The number of ether oxygens (including phenoxy) is 1. The van der Waals surface area contributed by atoms with Gasteiger partial charge in [0.15, 0.2) is 5.75 Å². The minimum Gasteiger partial charge on any atom is -0.487 e. The number of rotatable bonds is 7. The Morgan fingerprint density at radius 1 is 1.55 bits per heavy atom. The zero-order chi connectivity index (χ0) is 15.3. The molecule has 1 aromatic rings. The third kappa shape index (κ3) is 3.91. The summed E-state index contributed by atoms with van der Waals surface area (Å²) in [5.74, 6) is -2.71. The van der Waals surface area contributed by atoms with E-state index in [4.69, 9.17) is 9.84 Å². The monoisotopic (exact) mass is 285 g/mol. The summed E-state index contributed by atoms with van der Waals surface area (Å²) in [6.07, 6.45) is 1.82. The fourth-order valence-corrected chi connectivity index (χ4v) is 1.77. The van der Waals surface area contributed by atoms with Gasteiger partial charge in [-0.25, -0.2) is 9.18 Å². The van der Waals surface area contributed by atoms with E-state index in [0.29, 0.717) is 6.07 Å². The Balaban J connectivity index is 3.05. The van der Waals surface area contributed by atoms with E-state index in [1.165, 1.54) is 0 Å². The number of nitro benzene ring substituents is 1. The van der Waals surface area contributed by atoms with Gasteiger partial charge in [-0.1, -0.05) is 20.3 Å². The van der Waals surface area contributed by atoms with Gasteiger partial charge in [-0.3, -0.25) is 10.1 Å². The van der Waals surface area contributed by atoms with Crippen molar-refractivity contribution in [2.45, 2.75) is 26.7 Å². The maximum atomic E-state index is 13.4. The molecule has 0 heterocycles. The van der Waals surface area contributed by atoms with Crippen molar-refractivity contribution in [3.05, 3.63) is 33.6 Å². The zero-order valence-electron chi connectivity index (χ0n) is 11.3. The van der Waals surface area contributed by atoms with Crippen molar-refractivity contribution in [3.8, 4) is 5.75 Å². The van der Waals surface area contributed by atoms with E-state index in [1.807, 2.05) is 13.8 Å². The number of carboxylic acid groups (broad SMARTS) is 1. The van der Waals surface area contributed by atoms with Crippen LogP contribution in [0, 0.1) is 21.8 Å². The van der Waals surface area contributed by atoms with Crippen molar-refractivity contribution >= 4 is 11.7 Å². The molecule has 0 aliphatic heterocycles. The van der Waals surface area contributed by atoms with Crippen molar-refractivity contribution in [1.29, 1.82) is 0 Å². The Kier molecular flexibility index (Phi) is 5.42. The first-order chi connectivity index (χ1) is 9.36. The first-order valence-electron chi connectivity index (χ1n) is 6.20. The molecule has 0 aliphatic carbocycles. The average molecular weight is 285 g/mol. The normalized spacial score (nSPS) is 11.9. The molecule has 0 aromatic heterocycles. The summed E-state index contributed by atoms with van der Waals surface area (Å²) in [6.45, 7) is 4.12. The lowest BCUT2D eigenvalue weighted by Crippen LogP contribution is -2.11. The van der Waals surface area contributed by atoms with Gasteiger partial charge in [0.1, 0.15) is 5.82 Å². The molecule has 1 unspecified atom stereocenters. The highest BCUT2D eigenvalue weighted by atomic mass is 19.1. The number of benzene rings is 1. The van der Waals surface area contributed by atoms with Gasteiger partial charge in [0.25, 0.3) is 0 Å². The van der Waals surface area contributed by atoms with Gasteiger partial charge in [-0.15, -0.1) is 0 Å². The van der Waals surface area contributed by atoms with Crippen molar-refractivity contribution < 1.29 is 24.0 Å². The summed E-state index contributed by atoms with van der Waals surface area (Å²) in [4.78, 5) is 20.9. The predicted octanol–water partition coefficient (Wildman–Crippen LogP) is 3.25. The maximum Gasteiger partial charge on any atom is 0.338 e.